The van der Waals surface area contributed by atoms with E-state index < -0.39 is 77.1 Å². The Labute approximate surface area is 249 Å². The maximum atomic E-state index is 15.4. The molecule has 1 amide bonds. The second kappa shape index (κ2) is 12.0. The molecule has 2 aliphatic heterocycles. The molecule has 0 spiro atoms. The summed E-state index contributed by atoms with van der Waals surface area (Å²) < 4.78 is 65.6. The number of halogens is 3. The highest BCUT2D eigenvalue weighted by molar-refractivity contribution is 5.96. The van der Waals surface area contributed by atoms with Crippen molar-refractivity contribution in [3.05, 3.63) is 93.2 Å². The van der Waals surface area contributed by atoms with Gasteiger partial charge in [0.15, 0.2) is 17.3 Å². The van der Waals surface area contributed by atoms with Gasteiger partial charge in [-0.2, -0.15) is 5.10 Å². The number of fused-ring (bicyclic) bond motifs is 2. The van der Waals surface area contributed by atoms with Crippen LogP contribution < -0.4 is 10.2 Å². The zero-order valence-electron chi connectivity index (χ0n) is 23.9. The molecule has 3 heterocycles. The average molecular weight is 616 g/mol. The van der Waals surface area contributed by atoms with Gasteiger partial charge in [0, 0.05) is 18.0 Å². The molecule has 2 aromatic carbocycles. The van der Waals surface area contributed by atoms with Gasteiger partial charge >= 0.3 is 12.1 Å². The van der Waals surface area contributed by atoms with E-state index in [1.807, 2.05) is 0 Å². The molecule has 3 atom stereocenters. The lowest BCUT2D eigenvalue weighted by atomic mass is 9.79. The molecule has 232 valence electrons. The minimum absolute atomic E-state index is 0.102. The van der Waals surface area contributed by atoms with E-state index >= 15 is 4.39 Å². The Morgan fingerprint density at radius 1 is 1.11 bits per heavy atom. The van der Waals surface area contributed by atoms with Gasteiger partial charge in [0.25, 0.3) is 5.91 Å². The zero-order chi connectivity index (χ0) is 31.8. The van der Waals surface area contributed by atoms with Gasteiger partial charge in [0.1, 0.15) is 5.82 Å². The van der Waals surface area contributed by atoms with E-state index in [0.29, 0.717) is 12.8 Å². The van der Waals surface area contributed by atoms with E-state index in [4.69, 9.17) is 14.2 Å². The Morgan fingerprint density at radius 3 is 2.59 bits per heavy atom. The number of hydrogen-bond acceptors (Lipinski definition) is 9. The molecular weight excluding hydrogens is 587 g/mol. The van der Waals surface area contributed by atoms with Crippen molar-refractivity contribution in [2.45, 2.75) is 50.3 Å². The molecule has 1 saturated heterocycles. The van der Waals surface area contributed by atoms with E-state index in [2.05, 4.69) is 9.84 Å². The van der Waals surface area contributed by atoms with Crippen molar-refractivity contribution in [3.8, 4) is 5.75 Å². The molecule has 1 aromatic heterocycles. The first-order chi connectivity index (χ1) is 20.9. The molecule has 44 heavy (non-hydrogen) atoms. The number of ether oxygens (including phenoxy) is 4. The summed E-state index contributed by atoms with van der Waals surface area (Å²) in [5.41, 5.74) is -2.64. The van der Waals surface area contributed by atoms with Crippen LogP contribution in [0.5, 0.6) is 5.75 Å². The van der Waals surface area contributed by atoms with Crippen molar-refractivity contribution in [1.82, 2.24) is 14.7 Å². The third kappa shape index (κ3) is 5.58. The molecule has 1 fully saturated rings. The number of methoxy groups -OCH3 is 1. The summed E-state index contributed by atoms with van der Waals surface area (Å²) >= 11 is 0. The van der Waals surface area contributed by atoms with Crippen molar-refractivity contribution >= 4 is 18.0 Å². The largest absolute Gasteiger partial charge is 0.512 e. The number of carbonyl (C=O) groups is 3. The van der Waals surface area contributed by atoms with Crippen LogP contribution in [0.25, 0.3) is 0 Å². The highest BCUT2D eigenvalue weighted by Gasteiger charge is 2.49. The highest BCUT2D eigenvalue weighted by atomic mass is 19.2. The van der Waals surface area contributed by atoms with E-state index in [-0.39, 0.29) is 23.4 Å². The van der Waals surface area contributed by atoms with Crippen LogP contribution in [0.15, 0.2) is 53.5 Å². The van der Waals surface area contributed by atoms with Crippen molar-refractivity contribution in [1.29, 1.82) is 0 Å². The number of esters is 1. The van der Waals surface area contributed by atoms with E-state index in [1.54, 1.807) is 6.07 Å². The standard InChI is InChI=1S/C30H28F3N3O8/c1-30(2,28(39)41-3)44-29(40)43-15-42-26-21(37)14-34-36-24(20-11-6-12-35(20)27(38)25(26)36)22(16-7-4-8-17(31)13-16)18-9-5-10-19(32)23(18)33/h4-5,7-10,13-14,20,22,24H,6,11-12,15H2,1-3H3/t20-,22-,24-/m1/s1. The van der Waals surface area contributed by atoms with Crippen LogP contribution in [0.1, 0.15) is 60.3 Å². The van der Waals surface area contributed by atoms with Crippen molar-refractivity contribution in [2.24, 2.45) is 0 Å². The summed E-state index contributed by atoms with van der Waals surface area (Å²) in [7, 11) is 1.11. The van der Waals surface area contributed by atoms with Gasteiger partial charge in [-0.3, -0.25) is 14.3 Å². The smallest absolute Gasteiger partial charge is 0.466 e. The first-order valence-electron chi connectivity index (χ1n) is 13.6. The number of amides is 1. The molecule has 0 radical (unpaired) electrons. The lowest BCUT2D eigenvalue weighted by Crippen LogP contribution is -2.51. The average Bonchev–Trinajstić information content (AvgIpc) is 3.47. The maximum Gasteiger partial charge on any atom is 0.512 e. The number of nitrogens with zero attached hydrogens (tertiary/aromatic N) is 3. The molecule has 5 rings (SSSR count). The second-order valence-electron chi connectivity index (χ2n) is 10.8. The van der Waals surface area contributed by atoms with Gasteiger partial charge in [-0.25, -0.2) is 22.8 Å². The summed E-state index contributed by atoms with van der Waals surface area (Å²) in [5.74, 6) is -5.92. The summed E-state index contributed by atoms with van der Waals surface area (Å²) in [6, 6.07) is 7.54. The molecule has 0 saturated carbocycles. The van der Waals surface area contributed by atoms with Gasteiger partial charge in [-0.05, 0) is 50.5 Å². The third-order valence-electron chi connectivity index (χ3n) is 7.67. The molecule has 0 bridgehead atoms. The number of carbonyl (C=O) groups excluding carboxylic acids is 3. The molecule has 0 aliphatic carbocycles. The topological polar surface area (TPSA) is 126 Å². The monoisotopic (exact) mass is 615 g/mol. The Morgan fingerprint density at radius 2 is 1.86 bits per heavy atom. The summed E-state index contributed by atoms with van der Waals surface area (Å²) in [4.78, 5) is 52.2. The molecule has 2 aliphatic rings. The van der Waals surface area contributed by atoms with Crippen molar-refractivity contribution in [2.75, 3.05) is 20.4 Å². The fourth-order valence-corrected chi connectivity index (χ4v) is 5.76. The summed E-state index contributed by atoms with van der Waals surface area (Å²) in [6.07, 6.45) is 0.592. The number of hydrogen-bond donors (Lipinski definition) is 0. The molecule has 3 aromatic rings. The first kappa shape index (κ1) is 30.6. The van der Waals surface area contributed by atoms with Crippen LogP contribution in [-0.2, 0) is 19.0 Å². The Bertz CT molecular complexity index is 1680. The second-order valence-corrected chi connectivity index (χ2v) is 10.8. The number of benzene rings is 2. The highest BCUT2D eigenvalue weighted by Crippen LogP contribution is 2.46. The number of rotatable bonds is 8. The van der Waals surface area contributed by atoms with E-state index in [1.165, 1.54) is 53.8 Å². The van der Waals surface area contributed by atoms with Crippen LogP contribution in [-0.4, -0.2) is 64.8 Å². The van der Waals surface area contributed by atoms with Gasteiger partial charge in [0.05, 0.1) is 25.4 Å². The minimum Gasteiger partial charge on any atom is -0.466 e. The van der Waals surface area contributed by atoms with Gasteiger partial charge in [-0.15, -0.1) is 0 Å². The van der Waals surface area contributed by atoms with Crippen LogP contribution >= 0.6 is 0 Å². The van der Waals surface area contributed by atoms with Crippen LogP contribution in [0.2, 0.25) is 0 Å². The van der Waals surface area contributed by atoms with Crippen LogP contribution in [0.3, 0.4) is 0 Å². The van der Waals surface area contributed by atoms with Crippen LogP contribution in [0, 0.1) is 17.5 Å². The SMILES string of the molecule is COC(=O)C(C)(C)OC(=O)OCOc1c2n(ncc1=O)[C@@H]([C@H](c1cccc(F)c1)c1cccc(F)c1F)[C@H]1CCCN1C2=O. The Hall–Kier alpha value is -4.88. The summed E-state index contributed by atoms with van der Waals surface area (Å²) in [6.45, 7) is 1.94. The molecule has 0 unspecified atom stereocenters. The van der Waals surface area contributed by atoms with E-state index in [9.17, 15) is 28.0 Å². The Balaban J connectivity index is 1.57. The fourth-order valence-electron chi connectivity index (χ4n) is 5.76. The van der Waals surface area contributed by atoms with Gasteiger partial charge in [0.2, 0.25) is 23.6 Å². The molecular formula is C30H28F3N3O8. The number of aromatic nitrogens is 2. The van der Waals surface area contributed by atoms with Crippen LogP contribution in [0.4, 0.5) is 18.0 Å². The molecule has 0 N–H and O–H groups in total. The van der Waals surface area contributed by atoms with E-state index in [0.717, 1.165) is 19.4 Å². The predicted octanol–water partition coefficient (Wildman–Crippen LogP) is 4.09. The summed E-state index contributed by atoms with van der Waals surface area (Å²) in [5, 5.41) is 4.22. The molecule has 11 nitrogen and oxygen atoms in total. The predicted molar refractivity (Wildman–Crippen MR) is 145 cm³/mol. The quantitative estimate of drug-likeness (QED) is 0.272. The lowest BCUT2D eigenvalue weighted by Gasteiger charge is -2.42. The first-order valence-corrected chi connectivity index (χ1v) is 13.6. The van der Waals surface area contributed by atoms with Crippen molar-refractivity contribution < 1.29 is 46.5 Å². The Kier molecular flexibility index (Phi) is 8.35. The normalized spacial score (nSPS) is 18.2. The third-order valence-corrected chi connectivity index (χ3v) is 7.67. The van der Waals surface area contributed by atoms with Crippen molar-refractivity contribution in [3.63, 3.8) is 0 Å². The fraction of sp³-hybridized carbons (Fsp3) is 0.367. The van der Waals surface area contributed by atoms with Gasteiger partial charge in [-0.1, -0.05) is 24.3 Å². The zero-order valence-corrected chi connectivity index (χ0v) is 23.9. The van der Waals surface area contributed by atoms with Gasteiger partial charge < -0.3 is 23.8 Å². The molecule has 14 heteroatoms. The lowest BCUT2D eigenvalue weighted by molar-refractivity contribution is -0.161. The minimum atomic E-state index is -1.69. The maximum absolute atomic E-state index is 15.4.